The van der Waals surface area contributed by atoms with E-state index in [1.54, 1.807) is 12.1 Å². The van der Waals surface area contributed by atoms with Gasteiger partial charge in [-0.05, 0) is 49.2 Å². The van der Waals surface area contributed by atoms with Crippen LogP contribution < -0.4 is 4.74 Å². The van der Waals surface area contributed by atoms with E-state index >= 15 is 0 Å². The predicted octanol–water partition coefficient (Wildman–Crippen LogP) is 3.35. The van der Waals surface area contributed by atoms with E-state index < -0.39 is 23.6 Å². The van der Waals surface area contributed by atoms with Crippen LogP contribution >= 0.6 is 0 Å². The Hall–Kier alpha value is -3.56. The van der Waals surface area contributed by atoms with Crippen molar-refractivity contribution in [2.75, 3.05) is 13.2 Å². The first-order valence-corrected chi connectivity index (χ1v) is 9.95. The highest BCUT2D eigenvalue weighted by atomic mass is 16.7. The molecule has 0 unspecified atom stereocenters. The lowest BCUT2D eigenvalue weighted by Crippen LogP contribution is -2.30. The maximum absolute atomic E-state index is 12.5. The molecule has 0 aliphatic carbocycles. The van der Waals surface area contributed by atoms with Gasteiger partial charge < -0.3 is 4.74 Å². The van der Waals surface area contributed by atoms with Gasteiger partial charge in [-0.15, -0.1) is 10.1 Å². The van der Waals surface area contributed by atoms with E-state index in [0.717, 1.165) is 10.1 Å². The standard InChI is InChI=1S/C22H20N2O7/c1-3-9-29-23-19(25)15-7-5-13(11-17(15)21(23)27)31-14-6-8-16-18(12-14)22(28)24(20(16)26)30-10-4-2/h5-8,11-12H,3-4,9-10H2,1-2H3. The molecular weight excluding hydrogens is 404 g/mol. The summed E-state index contributed by atoms with van der Waals surface area (Å²) in [5, 5.41) is 1.50. The summed E-state index contributed by atoms with van der Waals surface area (Å²) in [6.07, 6.45) is 1.31. The van der Waals surface area contributed by atoms with E-state index in [2.05, 4.69) is 0 Å². The lowest BCUT2D eigenvalue weighted by Gasteiger charge is -2.11. The van der Waals surface area contributed by atoms with Gasteiger partial charge in [-0.3, -0.25) is 28.9 Å². The molecule has 0 spiro atoms. The summed E-state index contributed by atoms with van der Waals surface area (Å²) >= 11 is 0. The van der Waals surface area contributed by atoms with E-state index in [1.807, 2.05) is 13.8 Å². The second kappa shape index (κ2) is 8.29. The van der Waals surface area contributed by atoms with Gasteiger partial charge in [-0.2, -0.15) is 0 Å². The zero-order chi connectivity index (χ0) is 22.1. The van der Waals surface area contributed by atoms with Crippen molar-refractivity contribution >= 4 is 23.6 Å². The van der Waals surface area contributed by atoms with Crippen molar-refractivity contribution in [3.05, 3.63) is 58.7 Å². The van der Waals surface area contributed by atoms with Crippen LogP contribution in [0.15, 0.2) is 36.4 Å². The van der Waals surface area contributed by atoms with Gasteiger partial charge in [0, 0.05) is 0 Å². The summed E-state index contributed by atoms with van der Waals surface area (Å²) in [5.74, 6) is -1.56. The number of benzene rings is 2. The third-order valence-electron chi connectivity index (χ3n) is 4.73. The van der Waals surface area contributed by atoms with Crippen LogP contribution in [0.4, 0.5) is 0 Å². The number of hydrogen-bond donors (Lipinski definition) is 0. The predicted molar refractivity (Wildman–Crippen MR) is 106 cm³/mol. The van der Waals surface area contributed by atoms with Gasteiger partial charge in [0.1, 0.15) is 11.5 Å². The van der Waals surface area contributed by atoms with Gasteiger partial charge in [0.05, 0.1) is 35.5 Å². The minimum atomic E-state index is -0.558. The average molecular weight is 424 g/mol. The van der Waals surface area contributed by atoms with Crippen molar-refractivity contribution in [1.29, 1.82) is 0 Å². The number of fused-ring (bicyclic) bond motifs is 2. The third kappa shape index (κ3) is 3.58. The molecule has 0 atom stereocenters. The quantitative estimate of drug-likeness (QED) is 0.599. The normalized spacial score (nSPS) is 15.0. The Morgan fingerprint density at radius 2 is 1.00 bits per heavy atom. The smallest absolute Gasteiger partial charge is 0.286 e. The summed E-state index contributed by atoms with van der Waals surface area (Å²) in [7, 11) is 0. The van der Waals surface area contributed by atoms with Crippen molar-refractivity contribution in [3.63, 3.8) is 0 Å². The van der Waals surface area contributed by atoms with Gasteiger partial charge in [-0.1, -0.05) is 13.8 Å². The Bertz CT molecular complexity index is 1010. The molecule has 0 fully saturated rings. The van der Waals surface area contributed by atoms with Crippen LogP contribution in [0.5, 0.6) is 11.5 Å². The van der Waals surface area contributed by atoms with Gasteiger partial charge >= 0.3 is 0 Å². The van der Waals surface area contributed by atoms with E-state index in [0.29, 0.717) is 24.3 Å². The molecule has 0 radical (unpaired) electrons. The number of carbonyl (C=O) groups is 4. The molecule has 4 amide bonds. The fourth-order valence-corrected chi connectivity index (χ4v) is 3.26. The number of ether oxygens (including phenoxy) is 1. The molecule has 0 saturated carbocycles. The maximum Gasteiger partial charge on any atom is 0.286 e. The Morgan fingerprint density at radius 1 is 0.613 bits per heavy atom. The van der Waals surface area contributed by atoms with Gasteiger partial charge in [0.2, 0.25) is 0 Å². The van der Waals surface area contributed by atoms with Crippen molar-refractivity contribution < 1.29 is 33.6 Å². The third-order valence-corrected chi connectivity index (χ3v) is 4.73. The first kappa shape index (κ1) is 20.7. The van der Waals surface area contributed by atoms with Crippen LogP contribution in [0.1, 0.15) is 68.1 Å². The number of carbonyl (C=O) groups excluding carboxylic acids is 4. The van der Waals surface area contributed by atoms with Gasteiger partial charge in [0.25, 0.3) is 23.6 Å². The number of nitrogens with zero attached hydrogens (tertiary/aromatic N) is 2. The number of rotatable bonds is 8. The molecular formula is C22H20N2O7. The van der Waals surface area contributed by atoms with Crippen LogP contribution in [0, 0.1) is 0 Å². The van der Waals surface area contributed by atoms with E-state index in [-0.39, 0.29) is 35.5 Å². The van der Waals surface area contributed by atoms with E-state index in [4.69, 9.17) is 14.4 Å². The average Bonchev–Trinajstić information content (AvgIpc) is 3.15. The van der Waals surface area contributed by atoms with Crippen LogP contribution in [0.3, 0.4) is 0 Å². The molecule has 31 heavy (non-hydrogen) atoms. The molecule has 2 aromatic carbocycles. The molecule has 2 heterocycles. The van der Waals surface area contributed by atoms with E-state index in [9.17, 15) is 19.2 Å². The van der Waals surface area contributed by atoms with Crippen LogP contribution in [-0.4, -0.2) is 47.0 Å². The second-order valence-corrected chi connectivity index (χ2v) is 6.99. The molecule has 2 aliphatic heterocycles. The van der Waals surface area contributed by atoms with Crippen molar-refractivity contribution in [2.45, 2.75) is 26.7 Å². The van der Waals surface area contributed by atoms with Gasteiger partial charge in [-0.25, -0.2) is 0 Å². The first-order chi connectivity index (χ1) is 15.0. The summed E-state index contributed by atoms with van der Waals surface area (Å²) < 4.78 is 5.78. The molecule has 0 bridgehead atoms. The second-order valence-electron chi connectivity index (χ2n) is 6.99. The van der Waals surface area contributed by atoms with Crippen molar-refractivity contribution in [3.8, 4) is 11.5 Å². The molecule has 2 aliphatic rings. The Balaban J connectivity index is 1.55. The number of imide groups is 2. The minimum Gasteiger partial charge on any atom is -0.457 e. The molecule has 9 heteroatoms. The number of hydrogen-bond acceptors (Lipinski definition) is 7. The van der Waals surface area contributed by atoms with Crippen molar-refractivity contribution in [1.82, 2.24) is 10.1 Å². The monoisotopic (exact) mass is 424 g/mol. The fourth-order valence-electron chi connectivity index (χ4n) is 3.26. The first-order valence-electron chi connectivity index (χ1n) is 9.95. The summed E-state index contributed by atoms with van der Waals surface area (Å²) in [4.78, 5) is 60.1. The molecule has 2 aromatic rings. The summed E-state index contributed by atoms with van der Waals surface area (Å²) in [6.45, 7) is 4.23. The van der Waals surface area contributed by atoms with Crippen LogP contribution in [0.25, 0.3) is 0 Å². The molecule has 0 N–H and O–H groups in total. The molecule has 0 aromatic heterocycles. The SMILES string of the molecule is CCCON1C(=O)c2ccc(Oc3ccc4c(c3)C(=O)N(OCCC)C4=O)cc2C1=O. The molecule has 9 nitrogen and oxygen atoms in total. The Morgan fingerprint density at radius 3 is 1.39 bits per heavy atom. The van der Waals surface area contributed by atoms with Crippen molar-refractivity contribution in [2.24, 2.45) is 0 Å². The summed E-state index contributed by atoms with van der Waals surface area (Å²) in [6, 6.07) is 8.96. The maximum atomic E-state index is 12.5. The topological polar surface area (TPSA) is 102 Å². The zero-order valence-electron chi connectivity index (χ0n) is 17.0. The molecule has 4 rings (SSSR count). The molecule has 0 saturated heterocycles. The molecule has 160 valence electrons. The lowest BCUT2D eigenvalue weighted by atomic mass is 10.1. The number of amides is 4. The van der Waals surface area contributed by atoms with Crippen LogP contribution in [0.2, 0.25) is 0 Å². The van der Waals surface area contributed by atoms with E-state index in [1.165, 1.54) is 24.3 Å². The highest BCUT2D eigenvalue weighted by Crippen LogP contribution is 2.32. The number of hydroxylamine groups is 4. The lowest BCUT2D eigenvalue weighted by molar-refractivity contribution is -0.0912. The highest BCUT2D eigenvalue weighted by Gasteiger charge is 2.38. The minimum absolute atomic E-state index is 0.171. The Kier molecular flexibility index (Phi) is 5.53. The van der Waals surface area contributed by atoms with Gasteiger partial charge in [0.15, 0.2) is 0 Å². The largest absolute Gasteiger partial charge is 0.457 e. The fraction of sp³-hybridized carbons (Fsp3) is 0.273. The summed E-state index contributed by atoms with van der Waals surface area (Å²) in [5.41, 5.74) is 0.800. The Labute approximate surface area is 178 Å². The zero-order valence-corrected chi connectivity index (χ0v) is 17.0. The highest BCUT2D eigenvalue weighted by molar-refractivity contribution is 6.21. The van der Waals surface area contributed by atoms with Crippen LogP contribution in [-0.2, 0) is 9.68 Å².